The maximum absolute atomic E-state index is 13.2. The average molecular weight is 253 g/mol. The molecule has 1 saturated heterocycles. The van der Waals surface area contributed by atoms with Crippen molar-refractivity contribution in [1.82, 2.24) is 5.32 Å². The third-order valence-electron chi connectivity index (χ3n) is 4.02. The molecule has 0 unspecified atom stereocenters. The lowest BCUT2D eigenvalue weighted by molar-refractivity contribution is 0.347. The summed E-state index contributed by atoms with van der Waals surface area (Å²) in [4.78, 5) is 0. The minimum absolute atomic E-state index is 0.156. The fraction of sp³-hybridized carbons (Fsp3) is 0.600. The molecule has 0 aliphatic carbocycles. The molecule has 1 N–H and O–H groups in total. The first-order valence-corrected chi connectivity index (χ1v) is 6.76. The molecule has 1 fully saturated rings. The first-order valence-electron chi connectivity index (χ1n) is 6.76. The number of rotatable bonds is 2. The summed E-state index contributed by atoms with van der Waals surface area (Å²) in [5, 5.41) is 3.44. The van der Waals surface area contributed by atoms with E-state index >= 15 is 0 Å². The zero-order valence-corrected chi connectivity index (χ0v) is 11.0. The van der Waals surface area contributed by atoms with Gasteiger partial charge in [-0.05, 0) is 55.3 Å². The maximum Gasteiger partial charge on any atom is 0.159 e. The van der Waals surface area contributed by atoms with Crippen molar-refractivity contribution in [3.8, 4) is 0 Å². The molecule has 1 aromatic carbocycles. The summed E-state index contributed by atoms with van der Waals surface area (Å²) < 4.78 is 26.2. The Hall–Kier alpha value is -0.960. The number of hydrogen-bond acceptors (Lipinski definition) is 1. The lowest BCUT2D eigenvalue weighted by Crippen LogP contribution is -2.20. The highest BCUT2D eigenvalue weighted by atomic mass is 19.2. The predicted octanol–water partition coefficient (Wildman–Crippen LogP) is 4.05. The van der Waals surface area contributed by atoms with Gasteiger partial charge in [0.1, 0.15) is 0 Å². The van der Waals surface area contributed by atoms with E-state index in [2.05, 4.69) is 19.2 Å². The monoisotopic (exact) mass is 253 g/mol. The van der Waals surface area contributed by atoms with Crippen LogP contribution >= 0.6 is 0 Å². The summed E-state index contributed by atoms with van der Waals surface area (Å²) in [7, 11) is 0. The van der Waals surface area contributed by atoms with Gasteiger partial charge in [0, 0.05) is 6.04 Å². The van der Waals surface area contributed by atoms with Crippen LogP contribution in [0.15, 0.2) is 18.2 Å². The molecule has 0 spiro atoms. The van der Waals surface area contributed by atoms with Gasteiger partial charge in [0.05, 0.1) is 0 Å². The number of halogens is 2. The fourth-order valence-corrected chi connectivity index (χ4v) is 2.75. The molecule has 0 radical (unpaired) electrons. The molecule has 1 aliphatic rings. The van der Waals surface area contributed by atoms with Gasteiger partial charge in [-0.3, -0.25) is 0 Å². The Morgan fingerprint density at radius 1 is 1.11 bits per heavy atom. The van der Waals surface area contributed by atoms with Gasteiger partial charge in [0.25, 0.3) is 0 Å². The quantitative estimate of drug-likeness (QED) is 0.838. The lowest BCUT2D eigenvalue weighted by atomic mass is 9.88. The summed E-state index contributed by atoms with van der Waals surface area (Å²) in [5.41, 5.74) is 0.860. The summed E-state index contributed by atoms with van der Waals surface area (Å²) in [6.07, 6.45) is 3.31. The van der Waals surface area contributed by atoms with Crippen LogP contribution in [0.2, 0.25) is 0 Å². The topological polar surface area (TPSA) is 12.0 Å². The standard InChI is InChI=1S/C15H21F2N/c1-10(2)11-4-6-15(18-8-7-11)12-3-5-13(16)14(17)9-12/h3,5,9-11,15,18H,4,6-8H2,1-2H3/t11-,15-/m1/s1. The highest BCUT2D eigenvalue weighted by Crippen LogP contribution is 2.30. The van der Waals surface area contributed by atoms with E-state index in [1.54, 1.807) is 6.07 Å². The predicted molar refractivity (Wildman–Crippen MR) is 69.3 cm³/mol. The summed E-state index contributed by atoms with van der Waals surface area (Å²) in [5.74, 6) is -0.102. The van der Waals surface area contributed by atoms with E-state index in [1.165, 1.54) is 12.1 Å². The van der Waals surface area contributed by atoms with Crippen LogP contribution in [-0.2, 0) is 0 Å². The third-order valence-corrected chi connectivity index (χ3v) is 4.02. The molecule has 1 nitrogen and oxygen atoms in total. The van der Waals surface area contributed by atoms with E-state index in [0.29, 0.717) is 5.92 Å². The largest absolute Gasteiger partial charge is 0.310 e. The molecule has 2 rings (SSSR count). The molecule has 2 atom stereocenters. The van der Waals surface area contributed by atoms with Gasteiger partial charge in [0.2, 0.25) is 0 Å². The van der Waals surface area contributed by atoms with Gasteiger partial charge >= 0.3 is 0 Å². The van der Waals surface area contributed by atoms with E-state index in [9.17, 15) is 8.78 Å². The second-order valence-electron chi connectivity index (χ2n) is 5.55. The van der Waals surface area contributed by atoms with Gasteiger partial charge in [-0.2, -0.15) is 0 Å². The van der Waals surface area contributed by atoms with Gasteiger partial charge in [-0.25, -0.2) is 8.78 Å². The second-order valence-corrected chi connectivity index (χ2v) is 5.55. The highest BCUT2D eigenvalue weighted by molar-refractivity contribution is 5.21. The van der Waals surface area contributed by atoms with E-state index in [0.717, 1.165) is 37.3 Å². The van der Waals surface area contributed by atoms with Crippen molar-refractivity contribution in [3.05, 3.63) is 35.4 Å². The third kappa shape index (κ3) is 3.08. The van der Waals surface area contributed by atoms with Crippen molar-refractivity contribution in [3.63, 3.8) is 0 Å². The zero-order valence-electron chi connectivity index (χ0n) is 11.0. The van der Waals surface area contributed by atoms with Crippen LogP contribution in [0.25, 0.3) is 0 Å². The van der Waals surface area contributed by atoms with Crippen LogP contribution in [0.3, 0.4) is 0 Å². The van der Waals surface area contributed by atoms with E-state index in [4.69, 9.17) is 0 Å². The number of benzene rings is 1. The Kier molecular flexibility index (Phi) is 4.33. The Balaban J connectivity index is 2.07. The Bertz CT molecular complexity index is 403. The molecule has 1 aliphatic heterocycles. The normalized spacial score (nSPS) is 25.2. The molecule has 18 heavy (non-hydrogen) atoms. The SMILES string of the molecule is CC(C)[C@H]1CCN[C@@H](c2ccc(F)c(F)c2)CC1. The van der Waals surface area contributed by atoms with Crippen molar-refractivity contribution in [2.45, 2.75) is 39.2 Å². The van der Waals surface area contributed by atoms with Crippen LogP contribution in [-0.4, -0.2) is 6.54 Å². The molecule has 0 amide bonds. The van der Waals surface area contributed by atoms with Crippen molar-refractivity contribution >= 4 is 0 Å². The molecule has 0 aromatic heterocycles. The molecule has 3 heteroatoms. The minimum Gasteiger partial charge on any atom is -0.310 e. The first kappa shape index (κ1) is 13.5. The van der Waals surface area contributed by atoms with Crippen molar-refractivity contribution in [2.75, 3.05) is 6.54 Å². The highest BCUT2D eigenvalue weighted by Gasteiger charge is 2.22. The Labute approximate surface area is 108 Å². The van der Waals surface area contributed by atoms with Gasteiger partial charge < -0.3 is 5.32 Å². The van der Waals surface area contributed by atoms with Gasteiger partial charge in [0.15, 0.2) is 11.6 Å². The zero-order chi connectivity index (χ0) is 13.1. The molecule has 100 valence electrons. The molecule has 0 saturated carbocycles. The van der Waals surface area contributed by atoms with Crippen LogP contribution < -0.4 is 5.32 Å². The summed E-state index contributed by atoms with van der Waals surface area (Å²) in [6, 6.07) is 4.38. The smallest absolute Gasteiger partial charge is 0.159 e. The summed E-state index contributed by atoms with van der Waals surface area (Å²) in [6.45, 7) is 5.46. The molecular formula is C15H21F2N. The van der Waals surface area contributed by atoms with Gasteiger partial charge in [-0.1, -0.05) is 19.9 Å². The maximum atomic E-state index is 13.2. The van der Waals surface area contributed by atoms with Gasteiger partial charge in [-0.15, -0.1) is 0 Å². The van der Waals surface area contributed by atoms with Crippen LogP contribution in [0.4, 0.5) is 8.78 Å². The number of hydrogen-bond donors (Lipinski definition) is 1. The van der Waals surface area contributed by atoms with Crippen molar-refractivity contribution in [2.24, 2.45) is 11.8 Å². The molecule has 1 aromatic rings. The van der Waals surface area contributed by atoms with Crippen molar-refractivity contribution in [1.29, 1.82) is 0 Å². The fourth-order valence-electron chi connectivity index (χ4n) is 2.75. The van der Waals surface area contributed by atoms with Crippen LogP contribution in [0.1, 0.15) is 44.7 Å². The van der Waals surface area contributed by atoms with Crippen LogP contribution in [0.5, 0.6) is 0 Å². The Morgan fingerprint density at radius 2 is 1.89 bits per heavy atom. The summed E-state index contributed by atoms with van der Waals surface area (Å²) >= 11 is 0. The molecular weight excluding hydrogens is 232 g/mol. The molecule has 0 bridgehead atoms. The second kappa shape index (κ2) is 5.79. The Morgan fingerprint density at radius 3 is 2.56 bits per heavy atom. The van der Waals surface area contributed by atoms with E-state index in [-0.39, 0.29) is 6.04 Å². The minimum atomic E-state index is -0.771. The van der Waals surface area contributed by atoms with E-state index in [1.807, 2.05) is 0 Å². The van der Waals surface area contributed by atoms with E-state index < -0.39 is 11.6 Å². The van der Waals surface area contributed by atoms with Crippen molar-refractivity contribution < 1.29 is 8.78 Å². The average Bonchev–Trinajstić information content (AvgIpc) is 2.58. The first-order chi connectivity index (χ1) is 8.58. The van der Waals surface area contributed by atoms with Crippen LogP contribution in [0, 0.1) is 23.5 Å². The lowest BCUT2D eigenvalue weighted by Gasteiger charge is -2.18. The number of nitrogens with one attached hydrogen (secondary N) is 1. The molecule has 1 heterocycles.